The van der Waals surface area contributed by atoms with Gasteiger partial charge in [-0.15, -0.1) is 0 Å². The van der Waals surface area contributed by atoms with Crippen LogP contribution in [0.5, 0.6) is 0 Å². The number of benzene rings is 1. The van der Waals surface area contributed by atoms with Crippen LogP contribution in [0.1, 0.15) is 12.8 Å². The van der Waals surface area contributed by atoms with Crippen LogP contribution in [0.2, 0.25) is 0 Å². The Hall–Kier alpha value is -2.27. The van der Waals surface area contributed by atoms with Gasteiger partial charge in [-0.05, 0) is 37.1 Å². The van der Waals surface area contributed by atoms with Crippen molar-refractivity contribution in [2.75, 3.05) is 48.4 Å². The lowest BCUT2D eigenvalue weighted by molar-refractivity contribution is 0.304. The Kier molecular flexibility index (Phi) is 5.54. The van der Waals surface area contributed by atoms with Crippen LogP contribution in [0, 0.1) is 0 Å². The van der Waals surface area contributed by atoms with E-state index in [0.717, 1.165) is 37.4 Å². The molecule has 1 fully saturated rings. The molecule has 2 heterocycles. The Bertz CT molecular complexity index is 609. The number of hydrogen-bond donors (Lipinski definition) is 2. The molecular weight excluding hydrogens is 300 g/mol. The Balaban J connectivity index is 1.51. The summed E-state index contributed by atoms with van der Waals surface area (Å²) in [6, 6.07) is 15.1. The first-order valence-corrected chi connectivity index (χ1v) is 8.61. The van der Waals surface area contributed by atoms with E-state index in [2.05, 4.69) is 45.5 Å². The fraction of sp³-hybridized carbons (Fsp3) is 0.421. The van der Waals surface area contributed by atoms with Gasteiger partial charge >= 0.3 is 0 Å². The largest absolute Gasteiger partial charge is 0.395 e. The number of hydrogen-bond acceptors (Lipinski definition) is 5. The van der Waals surface area contributed by atoms with Gasteiger partial charge in [-0.2, -0.15) is 0 Å². The fourth-order valence-electron chi connectivity index (χ4n) is 3.11. The third kappa shape index (κ3) is 4.17. The molecule has 5 nitrogen and oxygen atoms in total. The number of pyridine rings is 1. The predicted octanol–water partition coefficient (Wildman–Crippen LogP) is 2.59. The van der Waals surface area contributed by atoms with Crippen LogP contribution in [0.3, 0.4) is 0 Å². The Morgan fingerprint density at radius 1 is 1.17 bits per heavy atom. The van der Waals surface area contributed by atoms with Crippen molar-refractivity contribution >= 4 is 17.2 Å². The zero-order valence-corrected chi connectivity index (χ0v) is 14.2. The van der Waals surface area contributed by atoms with Crippen molar-refractivity contribution in [2.45, 2.75) is 18.9 Å². The van der Waals surface area contributed by atoms with Gasteiger partial charge in [0.1, 0.15) is 5.82 Å². The van der Waals surface area contributed by atoms with E-state index in [4.69, 9.17) is 5.11 Å². The molecule has 24 heavy (non-hydrogen) atoms. The van der Waals surface area contributed by atoms with Gasteiger partial charge in [-0.3, -0.25) is 0 Å². The summed E-state index contributed by atoms with van der Waals surface area (Å²) < 4.78 is 0. The van der Waals surface area contributed by atoms with Gasteiger partial charge in [-0.25, -0.2) is 4.98 Å². The van der Waals surface area contributed by atoms with E-state index in [1.54, 1.807) is 0 Å². The Labute approximate surface area is 143 Å². The molecule has 5 heteroatoms. The normalized spacial score (nSPS) is 15.3. The van der Waals surface area contributed by atoms with Crippen LogP contribution in [-0.4, -0.2) is 49.4 Å². The molecule has 1 aliphatic rings. The molecule has 0 aliphatic carbocycles. The van der Waals surface area contributed by atoms with Crippen molar-refractivity contribution < 1.29 is 5.11 Å². The molecule has 0 atom stereocenters. The predicted molar refractivity (Wildman–Crippen MR) is 99.9 cm³/mol. The second kappa shape index (κ2) is 8.02. The second-order valence-electron chi connectivity index (χ2n) is 6.29. The highest BCUT2D eigenvalue weighted by atomic mass is 16.3. The van der Waals surface area contributed by atoms with E-state index in [9.17, 15) is 0 Å². The molecule has 3 rings (SSSR count). The summed E-state index contributed by atoms with van der Waals surface area (Å²) in [5.74, 6) is 0.925. The number of piperidine rings is 1. The molecule has 0 amide bonds. The lowest BCUT2D eigenvalue weighted by Gasteiger charge is -2.34. The third-order valence-electron chi connectivity index (χ3n) is 4.59. The quantitative estimate of drug-likeness (QED) is 0.854. The zero-order chi connectivity index (χ0) is 16.8. The number of nitrogens with one attached hydrogen (secondary N) is 1. The molecule has 1 aromatic heterocycles. The van der Waals surface area contributed by atoms with E-state index in [1.807, 2.05) is 30.3 Å². The van der Waals surface area contributed by atoms with Crippen molar-refractivity contribution in [1.29, 1.82) is 0 Å². The summed E-state index contributed by atoms with van der Waals surface area (Å²) >= 11 is 0. The summed E-state index contributed by atoms with van der Waals surface area (Å²) in [4.78, 5) is 8.94. The summed E-state index contributed by atoms with van der Waals surface area (Å²) in [6.07, 6.45) is 4.09. The minimum Gasteiger partial charge on any atom is -0.395 e. The number of anilines is 3. The first-order valence-electron chi connectivity index (χ1n) is 8.61. The average molecular weight is 326 g/mol. The van der Waals surface area contributed by atoms with Gasteiger partial charge in [0.15, 0.2) is 0 Å². The highest BCUT2D eigenvalue weighted by molar-refractivity contribution is 5.50. The highest BCUT2D eigenvalue weighted by Gasteiger charge is 2.19. The molecule has 2 aromatic rings. The minimum absolute atomic E-state index is 0.149. The lowest BCUT2D eigenvalue weighted by Crippen LogP contribution is -2.39. The summed E-state index contributed by atoms with van der Waals surface area (Å²) in [7, 11) is 1.96. The van der Waals surface area contributed by atoms with Crippen molar-refractivity contribution in [3.05, 3.63) is 48.7 Å². The van der Waals surface area contributed by atoms with Crippen LogP contribution in [0.25, 0.3) is 0 Å². The molecule has 128 valence electrons. The first-order chi connectivity index (χ1) is 11.8. The van der Waals surface area contributed by atoms with Gasteiger partial charge < -0.3 is 20.2 Å². The lowest BCUT2D eigenvalue weighted by atomic mass is 10.0. The van der Waals surface area contributed by atoms with Gasteiger partial charge in [0.05, 0.1) is 18.5 Å². The number of rotatable bonds is 6. The van der Waals surface area contributed by atoms with Crippen LogP contribution < -0.4 is 15.1 Å². The van der Waals surface area contributed by atoms with E-state index in [-0.39, 0.29) is 6.61 Å². The fourth-order valence-corrected chi connectivity index (χ4v) is 3.11. The van der Waals surface area contributed by atoms with Gasteiger partial charge in [-0.1, -0.05) is 18.2 Å². The zero-order valence-electron chi connectivity index (χ0n) is 14.2. The molecule has 2 N–H and O–H groups in total. The first kappa shape index (κ1) is 16.6. The molecule has 0 saturated carbocycles. The topological polar surface area (TPSA) is 51.6 Å². The Morgan fingerprint density at radius 3 is 2.54 bits per heavy atom. The van der Waals surface area contributed by atoms with Crippen LogP contribution in [-0.2, 0) is 0 Å². The second-order valence-corrected chi connectivity index (χ2v) is 6.29. The summed E-state index contributed by atoms with van der Waals surface area (Å²) in [5.41, 5.74) is 2.33. The van der Waals surface area contributed by atoms with Crippen molar-refractivity contribution in [3.63, 3.8) is 0 Å². The van der Waals surface area contributed by atoms with Crippen molar-refractivity contribution in [3.8, 4) is 0 Å². The number of nitrogens with zero attached hydrogens (tertiary/aromatic N) is 3. The number of para-hydroxylation sites is 1. The molecule has 1 saturated heterocycles. The number of aliphatic hydroxyl groups is 1. The molecule has 0 bridgehead atoms. The van der Waals surface area contributed by atoms with E-state index >= 15 is 0 Å². The van der Waals surface area contributed by atoms with Gasteiger partial charge in [0, 0.05) is 38.4 Å². The summed E-state index contributed by atoms with van der Waals surface area (Å²) in [5, 5.41) is 12.5. The smallest absolute Gasteiger partial charge is 0.126 e. The molecule has 0 unspecified atom stereocenters. The van der Waals surface area contributed by atoms with Crippen LogP contribution >= 0.6 is 0 Å². The number of aliphatic hydroxyl groups excluding tert-OH is 1. The maximum Gasteiger partial charge on any atom is 0.126 e. The van der Waals surface area contributed by atoms with E-state index in [0.29, 0.717) is 12.6 Å². The minimum atomic E-state index is 0.149. The number of aromatic nitrogens is 1. The van der Waals surface area contributed by atoms with E-state index < -0.39 is 0 Å². The van der Waals surface area contributed by atoms with Gasteiger partial charge in [0.25, 0.3) is 0 Å². The third-order valence-corrected chi connectivity index (χ3v) is 4.59. The number of likely N-dealkylation sites (N-methyl/N-ethyl adjacent to an activating group) is 1. The monoisotopic (exact) mass is 326 g/mol. The maximum absolute atomic E-state index is 8.99. The average Bonchev–Trinajstić information content (AvgIpc) is 2.64. The highest BCUT2D eigenvalue weighted by Crippen LogP contribution is 2.22. The molecular formula is C19H26N4O. The standard InChI is InChI=1S/C19H26N4O/c1-22(13-14-24)18-7-8-19(20-15-18)21-16-9-11-23(12-10-16)17-5-3-2-4-6-17/h2-8,15-16,24H,9-14H2,1H3,(H,20,21). The van der Waals surface area contributed by atoms with Crippen LogP contribution in [0.4, 0.5) is 17.2 Å². The van der Waals surface area contributed by atoms with E-state index in [1.165, 1.54) is 5.69 Å². The van der Waals surface area contributed by atoms with Gasteiger partial charge in [0.2, 0.25) is 0 Å². The SMILES string of the molecule is CN(CCO)c1ccc(NC2CCN(c3ccccc3)CC2)nc1. The maximum atomic E-state index is 8.99. The molecule has 1 aromatic carbocycles. The molecule has 1 aliphatic heterocycles. The van der Waals surface area contributed by atoms with Crippen LogP contribution in [0.15, 0.2) is 48.7 Å². The van der Waals surface area contributed by atoms with Crippen molar-refractivity contribution in [1.82, 2.24) is 4.98 Å². The van der Waals surface area contributed by atoms with Crippen molar-refractivity contribution in [2.24, 2.45) is 0 Å². The summed E-state index contributed by atoms with van der Waals surface area (Å²) in [6.45, 7) is 2.90. The molecule has 0 radical (unpaired) electrons. The Morgan fingerprint density at radius 2 is 1.92 bits per heavy atom. The molecule has 0 spiro atoms.